The molecule has 2 N–H and O–H groups in total. The highest BCUT2D eigenvalue weighted by atomic mass is 35.5. The summed E-state index contributed by atoms with van der Waals surface area (Å²) in [6.07, 6.45) is 3.59. The van der Waals surface area contributed by atoms with Crippen LogP contribution in [0, 0.1) is 0 Å². The van der Waals surface area contributed by atoms with Gasteiger partial charge in [-0.1, -0.05) is 47.6 Å². The van der Waals surface area contributed by atoms with Crippen molar-refractivity contribution in [3.8, 4) is 5.75 Å². The van der Waals surface area contributed by atoms with Crippen molar-refractivity contribution < 1.29 is 14.4 Å². The quantitative estimate of drug-likeness (QED) is 0.238. The minimum Gasteiger partial charge on any atom is -0.502 e. The zero-order valence-corrected chi connectivity index (χ0v) is 17.2. The fraction of sp³-hybridized carbons (Fsp3) is 0.0476. The molecule has 3 rings (SSSR count). The Morgan fingerprint density at radius 2 is 1.75 bits per heavy atom. The number of hydrogen-bond acceptors (Lipinski definition) is 3. The van der Waals surface area contributed by atoms with Crippen molar-refractivity contribution in [2.45, 2.75) is 0 Å². The monoisotopic (exact) mass is 431 g/mol. The summed E-state index contributed by atoms with van der Waals surface area (Å²) in [6, 6.07) is 17.8. The Balaban J connectivity index is 2.06. The third-order valence-corrected chi connectivity index (χ3v) is 4.97. The molecule has 2 aromatic carbocycles. The van der Waals surface area contributed by atoms with E-state index in [2.05, 4.69) is 5.32 Å². The van der Waals surface area contributed by atoms with Crippen molar-refractivity contribution in [3.63, 3.8) is 0 Å². The topological polar surface area (TPSA) is 45.4 Å². The van der Waals surface area contributed by atoms with E-state index in [0.717, 1.165) is 5.69 Å². The van der Waals surface area contributed by atoms with Crippen molar-refractivity contribution in [3.05, 3.63) is 88.7 Å². The number of hydrogen-bond donors (Lipinski definition) is 2. The van der Waals surface area contributed by atoms with Crippen LogP contribution in [-0.4, -0.2) is 17.2 Å². The Morgan fingerprint density at radius 3 is 2.43 bits per heavy atom. The first kappa shape index (κ1) is 20.1. The van der Waals surface area contributed by atoms with Crippen LogP contribution in [0.15, 0.2) is 73.1 Å². The predicted molar refractivity (Wildman–Crippen MR) is 118 cm³/mol. The number of rotatable bonds is 5. The number of nitrogens with one attached hydrogen (secondary N) is 1. The molecule has 0 amide bonds. The van der Waals surface area contributed by atoms with Crippen LogP contribution in [0.1, 0.15) is 5.56 Å². The molecule has 0 aliphatic rings. The van der Waals surface area contributed by atoms with Gasteiger partial charge in [-0.05, 0) is 30.3 Å². The van der Waals surface area contributed by atoms with Crippen LogP contribution in [0.25, 0.3) is 11.5 Å². The van der Waals surface area contributed by atoms with Gasteiger partial charge in [-0.15, -0.1) is 0 Å². The Bertz CT molecular complexity index is 1040. The minimum atomic E-state index is -0.0323. The second kappa shape index (κ2) is 9.06. The van der Waals surface area contributed by atoms with Crippen LogP contribution in [0.2, 0.25) is 10.0 Å². The van der Waals surface area contributed by atoms with E-state index in [0.29, 0.717) is 32.0 Å². The molecule has 7 heteroatoms. The standard InChI is InChI=1S/C21H16Cl2N2O2S/c1-27-16-7-5-6-15(13-16)24-21(28)19(25-10-3-2-4-11-25)20(26)14-8-9-17(22)18(23)12-14/h2-13H,1H3,(H-,24,26,28)/p+1. The van der Waals surface area contributed by atoms with Crippen molar-refractivity contribution in [2.24, 2.45) is 0 Å². The SMILES string of the molecule is COc1cccc(NC(=S)/C(=C(\O)c2ccc(Cl)c(Cl)c2)[n+]2ccccc2)c1. The Hall–Kier alpha value is -2.60. The highest BCUT2D eigenvalue weighted by Gasteiger charge is 2.24. The number of ether oxygens (including phenoxy) is 1. The number of aromatic nitrogens is 1. The van der Waals surface area contributed by atoms with Crippen LogP contribution in [-0.2, 0) is 0 Å². The highest BCUT2D eigenvalue weighted by Crippen LogP contribution is 2.27. The van der Waals surface area contributed by atoms with Crippen LogP contribution in [0.5, 0.6) is 5.75 Å². The Kier molecular flexibility index (Phi) is 6.52. The Morgan fingerprint density at radius 1 is 1.00 bits per heavy atom. The summed E-state index contributed by atoms with van der Waals surface area (Å²) in [5.74, 6) is 0.662. The Labute approximate surface area is 178 Å². The van der Waals surface area contributed by atoms with Gasteiger partial charge in [0.15, 0.2) is 23.1 Å². The summed E-state index contributed by atoms with van der Waals surface area (Å²) in [5, 5.41) is 14.9. The lowest BCUT2D eigenvalue weighted by Crippen LogP contribution is -2.38. The fourth-order valence-electron chi connectivity index (χ4n) is 2.57. The second-order valence-corrected chi connectivity index (χ2v) is 7.02. The van der Waals surface area contributed by atoms with Gasteiger partial charge in [-0.3, -0.25) is 0 Å². The number of halogens is 2. The number of anilines is 1. The highest BCUT2D eigenvalue weighted by molar-refractivity contribution is 7.81. The van der Waals surface area contributed by atoms with E-state index in [4.69, 9.17) is 40.2 Å². The summed E-state index contributed by atoms with van der Waals surface area (Å²) in [4.78, 5) is 0.327. The maximum atomic E-state index is 11.0. The maximum absolute atomic E-state index is 11.0. The molecule has 1 heterocycles. The van der Waals surface area contributed by atoms with Gasteiger partial charge < -0.3 is 15.2 Å². The van der Waals surface area contributed by atoms with Crippen molar-refractivity contribution in [1.29, 1.82) is 0 Å². The molecule has 0 aliphatic heterocycles. The van der Waals surface area contributed by atoms with E-state index in [-0.39, 0.29) is 5.76 Å². The first-order chi connectivity index (χ1) is 13.5. The van der Waals surface area contributed by atoms with Gasteiger partial charge in [0.2, 0.25) is 0 Å². The normalized spacial score (nSPS) is 11.5. The summed E-state index contributed by atoms with van der Waals surface area (Å²) >= 11 is 17.7. The molecule has 0 spiro atoms. The summed E-state index contributed by atoms with van der Waals surface area (Å²) < 4.78 is 6.98. The summed E-state index contributed by atoms with van der Waals surface area (Å²) in [7, 11) is 1.60. The van der Waals surface area contributed by atoms with Crippen LogP contribution in [0.4, 0.5) is 5.69 Å². The van der Waals surface area contributed by atoms with Crippen molar-refractivity contribution in [2.75, 3.05) is 12.4 Å². The van der Waals surface area contributed by atoms with E-state index >= 15 is 0 Å². The molecular weight excluding hydrogens is 415 g/mol. The van der Waals surface area contributed by atoms with E-state index in [1.807, 2.05) is 42.5 Å². The first-order valence-electron chi connectivity index (χ1n) is 8.30. The van der Waals surface area contributed by atoms with Crippen LogP contribution in [0.3, 0.4) is 0 Å². The molecule has 0 radical (unpaired) electrons. The molecule has 0 aliphatic carbocycles. The largest absolute Gasteiger partial charge is 0.502 e. The number of thiocarbonyl (C=S) groups is 1. The smallest absolute Gasteiger partial charge is 0.288 e. The van der Waals surface area contributed by atoms with E-state index in [1.165, 1.54) is 0 Å². The van der Waals surface area contributed by atoms with Gasteiger partial charge in [-0.25, -0.2) is 0 Å². The van der Waals surface area contributed by atoms with Gasteiger partial charge in [0.25, 0.3) is 5.70 Å². The lowest BCUT2D eigenvalue weighted by molar-refractivity contribution is -0.575. The number of nitrogens with zero attached hydrogens (tertiary/aromatic N) is 1. The molecule has 4 nitrogen and oxygen atoms in total. The third-order valence-electron chi connectivity index (χ3n) is 3.93. The zero-order valence-electron chi connectivity index (χ0n) is 14.9. The number of pyridine rings is 1. The fourth-order valence-corrected chi connectivity index (χ4v) is 3.18. The molecule has 0 atom stereocenters. The first-order valence-corrected chi connectivity index (χ1v) is 9.46. The molecule has 0 bridgehead atoms. The maximum Gasteiger partial charge on any atom is 0.288 e. The minimum absolute atomic E-state index is 0.0323. The second-order valence-electron chi connectivity index (χ2n) is 5.79. The molecule has 0 saturated heterocycles. The van der Waals surface area contributed by atoms with E-state index < -0.39 is 0 Å². The molecule has 0 saturated carbocycles. The molecular formula is C21H17Cl2N2O2S+. The van der Waals surface area contributed by atoms with E-state index in [1.54, 1.807) is 42.3 Å². The molecule has 1 aromatic heterocycles. The lowest BCUT2D eigenvalue weighted by Gasteiger charge is -2.11. The van der Waals surface area contributed by atoms with Crippen molar-refractivity contribution >= 4 is 57.6 Å². The molecule has 28 heavy (non-hydrogen) atoms. The van der Waals surface area contributed by atoms with Crippen LogP contribution < -0.4 is 14.6 Å². The predicted octanol–water partition coefficient (Wildman–Crippen LogP) is 5.61. The number of methoxy groups -OCH3 is 1. The molecule has 0 fully saturated rings. The third kappa shape index (κ3) is 4.62. The zero-order chi connectivity index (χ0) is 20.1. The average Bonchev–Trinajstić information content (AvgIpc) is 2.71. The summed E-state index contributed by atoms with van der Waals surface area (Å²) in [6.45, 7) is 0. The summed E-state index contributed by atoms with van der Waals surface area (Å²) in [5.41, 5.74) is 1.63. The lowest BCUT2D eigenvalue weighted by atomic mass is 10.1. The van der Waals surface area contributed by atoms with Gasteiger partial charge >= 0.3 is 0 Å². The molecule has 3 aromatic rings. The van der Waals surface area contributed by atoms with Crippen molar-refractivity contribution in [1.82, 2.24) is 0 Å². The van der Waals surface area contributed by atoms with Crippen LogP contribution >= 0.6 is 35.4 Å². The van der Waals surface area contributed by atoms with Gasteiger partial charge in [0.05, 0.1) is 17.2 Å². The molecule has 142 valence electrons. The number of benzene rings is 2. The van der Waals surface area contributed by atoms with Gasteiger partial charge in [0.1, 0.15) is 5.75 Å². The van der Waals surface area contributed by atoms with E-state index in [9.17, 15) is 5.11 Å². The van der Waals surface area contributed by atoms with Gasteiger partial charge in [0, 0.05) is 29.4 Å². The van der Waals surface area contributed by atoms with Gasteiger partial charge in [-0.2, -0.15) is 4.57 Å². The number of aliphatic hydroxyl groups is 1. The molecule has 0 unspecified atom stereocenters. The average molecular weight is 432 g/mol. The number of aliphatic hydroxyl groups excluding tert-OH is 1.